The molecule has 8 nitrogen and oxygen atoms in total. The quantitative estimate of drug-likeness (QED) is 0.204. The molecule has 0 heterocycles. The van der Waals surface area contributed by atoms with E-state index in [0.717, 1.165) is 34.7 Å². The predicted octanol–water partition coefficient (Wildman–Crippen LogP) is 5.56. The molecular weight excluding hydrogens is 618 g/mol. The third kappa shape index (κ3) is 10.2. The van der Waals surface area contributed by atoms with Crippen molar-refractivity contribution in [3.8, 4) is 5.75 Å². The van der Waals surface area contributed by atoms with E-state index in [-0.39, 0.29) is 37.7 Å². The van der Waals surface area contributed by atoms with E-state index in [9.17, 15) is 18.0 Å². The molecule has 3 rings (SSSR count). The Bertz CT molecular complexity index is 1400. The summed E-state index contributed by atoms with van der Waals surface area (Å²) in [7, 11) is -2.09. The van der Waals surface area contributed by atoms with Crippen LogP contribution in [-0.2, 0) is 32.6 Å². The number of carbonyl (C=O) groups is 2. The minimum atomic E-state index is -3.61. The third-order valence-corrected chi connectivity index (χ3v) is 8.58. The van der Waals surface area contributed by atoms with Crippen molar-refractivity contribution in [2.24, 2.45) is 0 Å². The first-order valence-corrected chi connectivity index (χ1v) is 16.7. The van der Waals surface area contributed by atoms with Gasteiger partial charge in [0, 0.05) is 43.0 Å². The number of hydrogen-bond acceptors (Lipinski definition) is 5. The molecule has 0 saturated heterocycles. The van der Waals surface area contributed by atoms with E-state index in [4.69, 9.17) is 4.74 Å². The van der Waals surface area contributed by atoms with Crippen molar-refractivity contribution >= 4 is 43.5 Å². The van der Waals surface area contributed by atoms with Crippen molar-refractivity contribution in [2.75, 3.05) is 30.8 Å². The summed E-state index contributed by atoms with van der Waals surface area (Å²) >= 11 is 3.46. The first-order chi connectivity index (χ1) is 20.1. The molecule has 3 aromatic rings. The number of carbonyl (C=O) groups excluding carboxylic acids is 2. The van der Waals surface area contributed by atoms with Gasteiger partial charge in [-0.25, -0.2) is 8.42 Å². The summed E-state index contributed by atoms with van der Waals surface area (Å²) in [5.74, 6) is 0.117. The molecule has 1 unspecified atom stereocenters. The molecule has 2 amide bonds. The zero-order chi connectivity index (χ0) is 30.5. The number of amides is 2. The number of anilines is 1. The van der Waals surface area contributed by atoms with Gasteiger partial charge in [0.2, 0.25) is 21.8 Å². The molecule has 42 heavy (non-hydrogen) atoms. The lowest BCUT2D eigenvalue weighted by Gasteiger charge is -2.32. The van der Waals surface area contributed by atoms with E-state index in [1.165, 1.54) is 11.4 Å². The Kier molecular flexibility index (Phi) is 12.9. The molecule has 0 fully saturated rings. The molecule has 0 aliphatic carbocycles. The van der Waals surface area contributed by atoms with Crippen molar-refractivity contribution in [3.05, 3.63) is 94.5 Å². The summed E-state index contributed by atoms with van der Waals surface area (Å²) in [6, 6.07) is 23.4. The predicted molar refractivity (Wildman–Crippen MR) is 171 cm³/mol. The summed E-state index contributed by atoms with van der Waals surface area (Å²) in [6.07, 6.45) is 3.63. The number of nitrogens with zero attached hydrogens (tertiary/aromatic N) is 2. The van der Waals surface area contributed by atoms with Crippen LogP contribution in [0.1, 0.15) is 43.7 Å². The molecular formula is C32H40BrN3O5S. The smallest absolute Gasteiger partial charge is 0.243 e. The summed E-state index contributed by atoms with van der Waals surface area (Å²) in [4.78, 5) is 29.1. The molecule has 0 saturated carbocycles. The van der Waals surface area contributed by atoms with Gasteiger partial charge in [-0.3, -0.25) is 13.9 Å². The molecule has 10 heteroatoms. The Morgan fingerprint density at radius 3 is 2.31 bits per heavy atom. The summed E-state index contributed by atoms with van der Waals surface area (Å²) in [5, 5.41) is 3.02. The van der Waals surface area contributed by atoms with Crippen LogP contribution < -0.4 is 14.4 Å². The van der Waals surface area contributed by atoms with Crippen molar-refractivity contribution < 1.29 is 22.7 Å². The fraction of sp³-hybridized carbons (Fsp3) is 0.375. The highest BCUT2D eigenvalue weighted by atomic mass is 79.9. The van der Waals surface area contributed by atoms with E-state index in [1.54, 1.807) is 29.2 Å². The number of ether oxygens (including phenoxy) is 1. The lowest BCUT2D eigenvalue weighted by Crippen LogP contribution is -2.50. The van der Waals surface area contributed by atoms with Crippen LogP contribution in [-0.4, -0.2) is 57.6 Å². The lowest BCUT2D eigenvalue weighted by molar-refractivity contribution is -0.141. The highest BCUT2D eigenvalue weighted by molar-refractivity contribution is 9.10. The number of halogens is 1. The molecule has 0 spiro atoms. The van der Waals surface area contributed by atoms with E-state index < -0.39 is 16.1 Å². The zero-order valence-electron chi connectivity index (χ0n) is 24.5. The average molecular weight is 659 g/mol. The Morgan fingerprint density at radius 1 is 0.952 bits per heavy atom. The van der Waals surface area contributed by atoms with Gasteiger partial charge in [-0.1, -0.05) is 77.8 Å². The van der Waals surface area contributed by atoms with Crippen molar-refractivity contribution in [1.82, 2.24) is 10.2 Å². The van der Waals surface area contributed by atoms with Gasteiger partial charge in [-0.05, 0) is 48.2 Å². The maximum absolute atomic E-state index is 13.9. The van der Waals surface area contributed by atoms with Gasteiger partial charge in [0.1, 0.15) is 11.8 Å². The van der Waals surface area contributed by atoms with Gasteiger partial charge in [-0.2, -0.15) is 0 Å². The van der Waals surface area contributed by atoms with Crippen LogP contribution in [0.15, 0.2) is 83.3 Å². The molecule has 3 aromatic carbocycles. The summed E-state index contributed by atoms with van der Waals surface area (Å²) in [5.41, 5.74) is 2.30. The second-order valence-corrected chi connectivity index (χ2v) is 13.0. The van der Waals surface area contributed by atoms with E-state index in [0.29, 0.717) is 24.4 Å². The SMILES string of the molecule is CCCCNC(=O)C(Cc1ccccc1)N(Cc1ccc(Br)cc1)C(=O)CCCN(c1cccc(OC)c1)S(C)(=O)=O. The maximum Gasteiger partial charge on any atom is 0.243 e. The fourth-order valence-electron chi connectivity index (χ4n) is 4.62. The molecule has 0 aliphatic heterocycles. The molecule has 0 aromatic heterocycles. The lowest BCUT2D eigenvalue weighted by atomic mass is 10.0. The van der Waals surface area contributed by atoms with Crippen LogP contribution in [0.4, 0.5) is 5.69 Å². The zero-order valence-corrected chi connectivity index (χ0v) is 26.9. The van der Waals surface area contributed by atoms with E-state index >= 15 is 0 Å². The van der Waals surface area contributed by atoms with Crippen LogP contribution in [0.25, 0.3) is 0 Å². The second kappa shape index (κ2) is 16.3. The van der Waals surface area contributed by atoms with Crippen LogP contribution in [0.2, 0.25) is 0 Å². The number of methoxy groups -OCH3 is 1. The highest BCUT2D eigenvalue weighted by Gasteiger charge is 2.30. The van der Waals surface area contributed by atoms with Gasteiger partial charge in [0.25, 0.3) is 0 Å². The van der Waals surface area contributed by atoms with Crippen LogP contribution in [0.5, 0.6) is 5.75 Å². The van der Waals surface area contributed by atoms with Crippen LogP contribution >= 0.6 is 15.9 Å². The summed E-state index contributed by atoms with van der Waals surface area (Å²) in [6.45, 7) is 2.94. The number of nitrogens with one attached hydrogen (secondary N) is 1. The summed E-state index contributed by atoms with van der Waals surface area (Å²) < 4.78 is 32.8. The Hall–Kier alpha value is -3.37. The van der Waals surface area contributed by atoms with Crippen molar-refractivity contribution in [2.45, 2.75) is 51.6 Å². The number of hydrogen-bond donors (Lipinski definition) is 1. The molecule has 0 radical (unpaired) electrons. The monoisotopic (exact) mass is 657 g/mol. The van der Waals surface area contributed by atoms with Crippen LogP contribution in [0, 0.1) is 0 Å². The molecule has 1 N–H and O–H groups in total. The van der Waals surface area contributed by atoms with Crippen LogP contribution in [0.3, 0.4) is 0 Å². The highest BCUT2D eigenvalue weighted by Crippen LogP contribution is 2.24. The fourth-order valence-corrected chi connectivity index (χ4v) is 5.84. The Labute approximate surface area is 258 Å². The molecule has 0 bridgehead atoms. The number of benzene rings is 3. The van der Waals surface area contributed by atoms with Gasteiger partial charge >= 0.3 is 0 Å². The third-order valence-electron chi connectivity index (χ3n) is 6.86. The Balaban J connectivity index is 1.86. The minimum absolute atomic E-state index is 0.0695. The van der Waals surface area contributed by atoms with Gasteiger partial charge in [0.15, 0.2) is 0 Å². The standard InChI is InChI=1S/C32H40BrN3O5S/c1-4-5-20-34-32(38)30(22-25-11-7-6-8-12-25)35(24-26-16-18-27(33)19-17-26)31(37)15-10-21-36(42(3,39)40)28-13-9-14-29(23-28)41-2/h6-9,11-14,16-19,23,30H,4-5,10,15,20-22,24H2,1-3H3,(H,34,38). The van der Waals surface area contributed by atoms with Gasteiger partial charge in [-0.15, -0.1) is 0 Å². The molecule has 0 aliphatic rings. The van der Waals surface area contributed by atoms with Gasteiger partial charge in [0.05, 0.1) is 19.1 Å². The number of rotatable bonds is 16. The van der Waals surface area contributed by atoms with Gasteiger partial charge < -0.3 is 15.0 Å². The maximum atomic E-state index is 13.9. The Morgan fingerprint density at radius 2 is 1.67 bits per heavy atom. The normalized spacial score (nSPS) is 11.9. The average Bonchev–Trinajstić information content (AvgIpc) is 2.98. The van der Waals surface area contributed by atoms with Crippen molar-refractivity contribution in [1.29, 1.82) is 0 Å². The molecule has 1 atom stereocenters. The van der Waals surface area contributed by atoms with Crippen molar-refractivity contribution in [3.63, 3.8) is 0 Å². The second-order valence-electron chi connectivity index (χ2n) is 10.1. The number of unbranched alkanes of at least 4 members (excludes halogenated alkanes) is 1. The largest absolute Gasteiger partial charge is 0.497 e. The minimum Gasteiger partial charge on any atom is -0.497 e. The number of sulfonamides is 1. The topological polar surface area (TPSA) is 96.0 Å². The molecule has 226 valence electrons. The first kappa shape index (κ1) is 33.1. The van der Waals surface area contributed by atoms with E-state index in [2.05, 4.69) is 28.2 Å². The van der Waals surface area contributed by atoms with E-state index in [1.807, 2.05) is 54.6 Å². The first-order valence-electron chi connectivity index (χ1n) is 14.1.